The fourth-order valence-electron chi connectivity index (χ4n) is 3.59. The Morgan fingerprint density at radius 2 is 1.85 bits per heavy atom. The quantitative estimate of drug-likeness (QED) is 0.619. The van der Waals surface area contributed by atoms with Gasteiger partial charge in [0.1, 0.15) is 0 Å². The van der Waals surface area contributed by atoms with Crippen molar-refractivity contribution in [2.24, 2.45) is 0 Å². The van der Waals surface area contributed by atoms with Crippen LogP contribution in [0, 0.1) is 0 Å². The molecule has 0 aliphatic carbocycles. The molecule has 0 unspecified atom stereocenters. The number of benzene rings is 2. The van der Waals surface area contributed by atoms with Crippen molar-refractivity contribution < 1.29 is 0 Å². The Hall–Kier alpha value is -3.05. The van der Waals surface area contributed by atoms with Crippen molar-refractivity contribution in [3.63, 3.8) is 0 Å². The molecule has 3 heterocycles. The second-order valence-electron chi connectivity index (χ2n) is 6.71. The Morgan fingerprint density at radius 1 is 1.00 bits per heavy atom. The lowest BCUT2D eigenvalue weighted by molar-refractivity contribution is 0.241. The zero-order chi connectivity index (χ0) is 17.3. The third kappa shape index (κ3) is 2.76. The molecule has 4 aromatic rings. The minimum atomic E-state index is 0.817. The van der Waals surface area contributed by atoms with Gasteiger partial charge in [-0.2, -0.15) is 5.10 Å². The van der Waals surface area contributed by atoms with E-state index in [0.717, 1.165) is 43.0 Å². The van der Waals surface area contributed by atoms with Gasteiger partial charge in [0, 0.05) is 48.8 Å². The Kier molecular flexibility index (Phi) is 3.72. The standard InChI is InChI=1S/C21H19N5/c1-2-6-15(7-3-1)21-22-12-16-13-26(11-10-18(16)23-21)14-20-17-8-4-5-9-19(17)24-25-20/h1-9,12H,10-11,13-14H2,(H,24,25). The highest BCUT2D eigenvalue weighted by Crippen LogP contribution is 2.23. The van der Waals surface area contributed by atoms with E-state index in [1.165, 1.54) is 22.3 Å². The average Bonchev–Trinajstić information content (AvgIpc) is 3.11. The van der Waals surface area contributed by atoms with E-state index in [0.29, 0.717) is 0 Å². The summed E-state index contributed by atoms with van der Waals surface area (Å²) in [7, 11) is 0. The van der Waals surface area contributed by atoms with Gasteiger partial charge in [-0.25, -0.2) is 9.97 Å². The minimum absolute atomic E-state index is 0.817. The van der Waals surface area contributed by atoms with Crippen LogP contribution in [0.4, 0.5) is 0 Å². The number of rotatable bonds is 3. The summed E-state index contributed by atoms with van der Waals surface area (Å²) in [4.78, 5) is 11.8. The first-order chi connectivity index (χ1) is 12.9. The normalized spacial score (nSPS) is 14.5. The van der Waals surface area contributed by atoms with E-state index in [9.17, 15) is 0 Å². The van der Waals surface area contributed by atoms with Crippen molar-refractivity contribution in [1.29, 1.82) is 0 Å². The van der Waals surface area contributed by atoms with E-state index >= 15 is 0 Å². The first-order valence-corrected chi connectivity index (χ1v) is 8.91. The van der Waals surface area contributed by atoms with Gasteiger partial charge in [-0.15, -0.1) is 0 Å². The van der Waals surface area contributed by atoms with Crippen molar-refractivity contribution in [3.05, 3.63) is 77.7 Å². The third-order valence-electron chi connectivity index (χ3n) is 4.97. The molecule has 1 aliphatic rings. The highest BCUT2D eigenvalue weighted by atomic mass is 15.2. The molecule has 5 nitrogen and oxygen atoms in total. The van der Waals surface area contributed by atoms with Gasteiger partial charge in [0.2, 0.25) is 0 Å². The molecule has 5 heteroatoms. The summed E-state index contributed by atoms with van der Waals surface area (Å²) in [6.07, 6.45) is 2.94. The summed E-state index contributed by atoms with van der Waals surface area (Å²) in [5.41, 5.74) is 5.66. The number of para-hydroxylation sites is 1. The van der Waals surface area contributed by atoms with E-state index in [2.05, 4.69) is 44.3 Å². The summed E-state index contributed by atoms with van der Waals surface area (Å²) in [6.45, 7) is 2.73. The number of hydrogen-bond acceptors (Lipinski definition) is 4. The van der Waals surface area contributed by atoms with Crippen LogP contribution >= 0.6 is 0 Å². The minimum Gasteiger partial charge on any atom is -0.293 e. The summed E-state index contributed by atoms with van der Waals surface area (Å²) in [6, 6.07) is 18.4. The zero-order valence-corrected chi connectivity index (χ0v) is 14.4. The van der Waals surface area contributed by atoms with Crippen molar-refractivity contribution in [2.75, 3.05) is 6.54 Å². The third-order valence-corrected chi connectivity index (χ3v) is 4.97. The van der Waals surface area contributed by atoms with E-state index in [1.807, 2.05) is 36.5 Å². The molecule has 0 amide bonds. The lowest BCUT2D eigenvalue weighted by Gasteiger charge is -2.27. The smallest absolute Gasteiger partial charge is 0.159 e. The fraction of sp³-hybridized carbons (Fsp3) is 0.190. The topological polar surface area (TPSA) is 57.7 Å². The zero-order valence-electron chi connectivity index (χ0n) is 14.4. The van der Waals surface area contributed by atoms with E-state index in [4.69, 9.17) is 4.98 Å². The Balaban J connectivity index is 1.37. The molecule has 2 aromatic carbocycles. The highest BCUT2D eigenvalue weighted by molar-refractivity contribution is 5.81. The van der Waals surface area contributed by atoms with Gasteiger partial charge in [-0.05, 0) is 6.07 Å². The molecule has 0 atom stereocenters. The van der Waals surface area contributed by atoms with E-state index in [1.54, 1.807) is 0 Å². The molecule has 1 N–H and O–H groups in total. The number of nitrogens with one attached hydrogen (secondary N) is 1. The number of fused-ring (bicyclic) bond motifs is 2. The van der Waals surface area contributed by atoms with Crippen LogP contribution < -0.4 is 0 Å². The molecule has 0 saturated heterocycles. The van der Waals surface area contributed by atoms with Crippen LogP contribution in [0.1, 0.15) is 17.0 Å². The largest absolute Gasteiger partial charge is 0.293 e. The van der Waals surface area contributed by atoms with Crippen molar-refractivity contribution in [2.45, 2.75) is 19.5 Å². The van der Waals surface area contributed by atoms with Gasteiger partial charge in [0.05, 0.1) is 16.9 Å². The lowest BCUT2D eigenvalue weighted by atomic mass is 10.1. The molecule has 26 heavy (non-hydrogen) atoms. The highest BCUT2D eigenvalue weighted by Gasteiger charge is 2.20. The predicted octanol–water partition coefficient (Wildman–Crippen LogP) is 3.58. The second-order valence-corrected chi connectivity index (χ2v) is 6.71. The average molecular weight is 341 g/mol. The molecule has 0 spiro atoms. The Bertz CT molecular complexity index is 1050. The SMILES string of the molecule is c1ccc(-c2ncc3c(n2)CCN(Cc2[nH]nc4ccccc24)C3)cc1. The molecule has 5 rings (SSSR count). The summed E-state index contributed by atoms with van der Waals surface area (Å²) in [5.74, 6) is 0.817. The fourth-order valence-corrected chi connectivity index (χ4v) is 3.59. The van der Waals surface area contributed by atoms with Crippen LogP contribution in [0.3, 0.4) is 0 Å². The number of nitrogens with zero attached hydrogens (tertiary/aromatic N) is 4. The summed E-state index contributed by atoms with van der Waals surface area (Å²) < 4.78 is 0. The van der Waals surface area contributed by atoms with Gasteiger partial charge in [0.15, 0.2) is 5.82 Å². The van der Waals surface area contributed by atoms with Gasteiger partial charge in [-0.3, -0.25) is 10.00 Å². The molecule has 2 aromatic heterocycles. The first kappa shape index (κ1) is 15.2. The molecule has 128 valence electrons. The van der Waals surface area contributed by atoms with Crippen LogP contribution in [-0.4, -0.2) is 31.6 Å². The van der Waals surface area contributed by atoms with Crippen LogP contribution in [0.5, 0.6) is 0 Å². The van der Waals surface area contributed by atoms with Crippen LogP contribution in [0.2, 0.25) is 0 Å². The Morgan fingerprint density at radius 3 is 2.77 bits per heavy atom. The van der Waals surface area contributed by atoms with Crippen molar-refractivity contribution in [1.82, 2.24) is 25.1 Å². The maximum Gasteiger partial charge on any atom is 0.159 e. The molecule has 0 radical (unpaired) electrons. The number of aromatic nitrogens is 4. The van der Waals surface area contributed by atoms with Crippen molar-refractivity contribution >= 4 is 10.9 Å². The molecule has 0 saturated carbocycles. The van der Waals surface area contributed by atoms with Crippen molar-refractivity contribution in [3.8, 4) is 11.4 Å². The maximum atomic E-state index is 4.81. The van der Waals surface area contributed by atoms with Crippen LogP contribution in [0.25, 0.3) is 22.3 Å². The number of aromatic amines is 1. The molecule has 0 bridgehead atoms. The van der Waals surface area contributed by atoms with Gasteiger partial charge in [-0.1, -0.05) is 48.5 Å². The lowest BCUT2D eigenvalue weighted by Crippen LogP contribution is -2.31. The maximum absolute atomic E-state index is 4.81. The summed E-state index contributed by atoms with van der Waals surface area (Å²) in [5, 5.41) is 8.79. The molecular formula is C21H19N5. The van der Waals surface area contributed by atoms with Crippen LogP contribution in [0.15, 0.2) is 60.8 Å². The monoisotopic (exact) mass is 341 g/mol. The molecular weight excluding hydrogens is 322 g/mol. The molecule has 1 aliphatic heterocycles. The first-order valence-electron chi connectivity index (χ1n) is 8.91. The second kappa shape index (κ2) is 6.35. The summed E-state index contributed by atoms with van der Waals surface area (Å²) >= 11 is 0. The van der Waals surface area contributed by atoms with Crippen LogP contribution in [-0.2, 0) is 19.5 Å². The number of hydrogen-bond donors (Lipinski definition) is 1. The van der Waals surface area contributed by atoms with Gasteiger partial charge >= 0.3 is 0 Å². The Labute approximate surface area is 151 Å². The molecule has 0 fully saturated rings. The van der Waals surface area contributed by atoms with Gasteiger partial charge < -0.3 is 0 Å². The van der Waals surface area contributed by atoms with E-state index in [-0.39, 0.29) is 0 Å². The van der Waals surface area contributed by atoms with Gasteiger partial charge in [0.25, 0.3) is 0 Å². The number of H-pyrrole nitrogens is 1. The van der Waals surface area contributed by atoms with E-state index < -0.39 is 0 Å². The predicted molar refractivity (Wildman–Crippen MR) is 101 cm³/mol.